The largest absolute Gasteiger partial charge is 0.309 e. The van der Waals surface area contributed by atoms with E-state index in [1.807, 2.05) is 48.0 Å². The van der Waals surface area contributed by atoms with Crippen molar-refractivity contribution in [2.45, 2.75) is 25.8 Å². The van der Waals surface area contributed by atoms with Gasteiger partial charge in [-0.1, -0.05) is 53.0 Å². The molecule has 1 aliphatic carbocycles. The van der Waals surface area contributed by atoms with Crippen LogP contribution in [0, 0.1) is 12.8 Å². The van der Waals surface area contributed by atoms with E-state index in [0.29, 0.717) is 27.4 Å². The Labute approximate surface area is 178 Å². The zero-order valence-electron chi connectivity index (χ0n) is 15.1. The maximum atomic E-state index is 12.6. The molecule has 0 aliphatic heterocycles. The molecule has 2 aromatic carbocycles. The maximum absolute atomic E-state index is 12.6. The van der Waals surface area contributed by atoms with Crippen LogP contribution in [-0.2, 0) is 11.3 Å². The van der Waals surface area contributed by atoms with E-state index in [9.17, 15) is 4.79 Å². The monoisotopic (exact) mass is 433 g/mol. The standard InChI is InChI=1S/C21H18Cl3N3O/c1-12-8-20(26-27(12)11-14-4-7-16(23)9-19(14)24)25-21(28)18-10-17(18)13-2-5-15(22)6-3-13/h2-9,17-18H,10-11H2,1H3,(H,25,26,28). The van der Waals surface area contributed by atoms with E-state index in [2.05, 4.69) is 10.4 Å². The highest BCUT2D eigenvalue weighted by Gasteiger charge is 2.44. The van der Waals surface area contributed by atoms with Gasteiger partial charge in [-0.2, -0.15) is 5.10 Å². The number of nitrogens with one attached hydrogen (secondary N) is 1. The minimum Gasteiger partial charge on any atom is -0.309 e. The molecule has 1 aromatic heterocycles. The summed E-state index contributed by atoms with van der Waals surface area (Å²) < 4.78 is 1.81. The Morgan fingerprint density at radius 2 is 1.82 bits per heavy atom. The molecule has 4 rings (SSSR count). The third-order valence-electron chi connectivity index (χ3n) is 4.99. The van der Waals surface area contributed by atoms with E-state index < -0.39 is 0 Å². The molecule has 0 radical (unpaired) electrons. The summed E-state index contributed by atoms with van der Waals surface area (Å²) >= 11 is 18.1. The molecule has 1 amide bonds. The van der Waals surface area contributed by atoms with E-state index in [1.54, 1.807) is 12.1 Å². The lowest BCUT2D eigenvalue weighted by molar-refractivity contribution is -0.117. The lowest BCUT2D eigenvalue weighted by atomic mass is 10.1. The van der Waals surface area contributed by atoms with Crippen molar-refractivity contribution >= 4 is 46.5 Å². The Morgan fingerprint density at radius 3 is 2.54 bits per heavy atom. The third-order valence-corrected chi connectivity index (χ3v) is 5.83. The van der Waals surface area contributed by atoms with E-state index in [-0.39, 0.29) is 17.7 Å². The SMILES string of the molecule is Cc1cc(NC(=O)C2CC2c2ccc(Cl)cc2)nn1Cc1ccc(Cl)cc1Cl. The van der Waals surface area contributed by atoms with Crippen molar-refractivity contribution in [2.75, 3.05) is 5.32 Å². The molecule has 2 atom stereocenters. The molecule has 2 unspecified atom stereocenters. The van der Waals surface area contributed by atoms with Crippen molar-refractivity contribution in [1.29, 1.82) is 0 Å². The number of aryl methyl sites for hydroxylation is 1. The molecule has 0 saturated heterocycles. The van der Waals surface area contributed by atoms with Crippen molar-refractivity contribution in [3.63, 3.8) is 0 Å². The second-order valence-corrected chi connectivity index (χ2v) is 8.33. The van der Waals surface area contributed by atoms with Gasteiger partial charge >= 0.3 is 0 Å². The van der Waals surface area contributed by atoms with E-state index in [1.165, 1.54) is 0 Å². The van der Waals surface area contributed by atoms with Gasteiger partial charge in [-0.15, -0.1) is 0 Å². The van der Waals surface area contributed by atoms with Gasteiger partial charge in [0.1, 0.15) is 0 Å². The molecular formula is C21H18Cl3N3O. The number of rotatable bonds is 5. The van der Waals surface area contributed by atoms with Crippen molar-refractivity contribution in [3.8, 4) is 0 Å². The fraction of sp³-hybridized carbons (Fsp3) is 0.238. The number of anilines is 1. The summed E-state index contributed by atoms with van der Waals surface area (Å²) in [7, 11) is 0. The number of hydrogen-bond donors (Lipinski definition) is 1. The van der Waals surface area contributed by atoms with Gasteiger partial charge in [-0.3, -0.25) is 9.48 Å². The normalized spacial score (nSPS) is 18.1. The Balaban J connectivity index is 1.41. The number of halogens is 3. The molecule has 4 nitrogen and oxygen atoms in total. The lowest BCUT2D eigenvalue weighted by Crippen LogP contribution is -2.15. The summed E-state index contributed by atoms with van der Waals surface area (Å²) in [6, 6.07) is 14.9. The van der Waals surface area contributed by atoms with Gasteiger partial charge in [0.2, 0.25) is 5.91 Å². The molecular weight excluding hydrogens is 417 g/mol. The Kier molecular flexibility index (Phi) is 5.37. The van der Waals surface area contributed by atoms with Crippen LogP contribution in [0.1, 0.15) is 29.2 Å². The molecule has 144 valence electrons. The number of carbonyl (C=O) groups is 1. The Morgan fingerprint density at radius 1 is 1.11 bits per heavy atom. The van der Waals surface area contributed by atoms with Crippen LogP contribution < -0.4 is 5.32 Å². The fourth-order valence-corrected chi connectivity index (χ4v) is 3.92. The average Bonchev–Trinajstić information content (AvgIpc) is 3.37. The summed E-state index contributed by atoms with van der Waals surface area (Å²) in [5.74, 6) is 0.758. The van der Waals surface area contributed by atoms with Crippen LogP contribution in [-0.4, -0.2) is 15.7 Å². The second-order valence-electron chi connectivity index (χ2n) is 7.05. The summed E-state index contributed by atoms with van der Waals surface area (Å²) in [4.78, 5) is 12.6. The Hall–Kier alpha value is -2.01. The van der Waals surface area contributed by atoms with Gasteiger partial charge < -0.3 is 5.32 Å². The first kappa shape index (κ1) is 19.3. The van der Waals surface area contributed by atoms with Crippen molar-refractivity contribution in [3.05, 3.63) is 80.4 Å². The van der Waals surface area contributed by atoms with Gasteiger partial charge in [-0.05, 0) is 54.7 Å². The van der Waals surface area contributed by atoms with Gasteiger partial charge in [0.15, 0.2) is 5.82 Å². The lowest BCUT2D eigenvalue weighted by Gasteiger charge is -2.07. The minimum atomic E-state index is -0.0302. The zero-order valence-corrected chi connectivity index (χ0v) is 17.4. The van der Waals surface area contributed by atoms with Gasteiger partial charge in [-0.25, -0.2) is 0 Å². The molecule has 0 spiro atoms. The molecule has 3 aromatic rings. The van der Waals surface area contributed by atoms with Crippen LogP contribution in [0.5, 0.6) is 0 Å². The van der Waals surface area contributed by atoms with Crippen LogP contribution in [0.4, 0.5) is 5.82 Å². The zero-order chi connectivity index (χ0) is 19.8. The van der Waals surface area contributed by atoms with Gasteiger partial charge in [0, 0.05) is 32.7 Å². The highest BCUT2D eigenvalue weighted by molar-refractivity contribution is 6.35. The summed E-state index contributed by atoms with van der Waals surface area (Å²) in [6.45, 7) is 2.45. The van der Waals surface area contributed by atoms with Gasteiger partial charge in [0.05, 0.1) is 6.54 Å². The van der Waals surface area contributed by atoms with E-state index >= 15 is 0 Å². The van der Waals surface area contributed by atoms with E-state index in [0.717, 1.165) is 23.2 Å². The van der Waals surface area contributed by atoms with Crippen LogP contribution in [0.2, 0.25) is 15.1 Å². The molecule has 1 saturated carbocycles. The molecule has 1 heterocycles. The van der Waals surface area contributed by atoms with Crippen LogP contribution in [0.25, 0.3) is 0 Å². The number of aromatic nitrogens is 2. The smallest absolute Gasteiger partial charge is 0.229 e. The fourth-order valence-electron chi connectivity index (χ4n) is 3.32. The van der Waals surface area contributed by atoms with Crippen LogP contribution >= 0.6 is 34.8 Å². The first-order valence-electron chi connectivity index (χ1n) is 8.95. The molecule has 0 bridgehead atoms. The van der Waals surface area contributed by atoms with Crippen molar-refractivity contribution in [2.24, 2.45) is 5.92 Å². The van der Waals surface area contributed by atoms with Gasteiger partial charge in [0.25, 0.3) is 0 Å². The molecule has 1 aliphatic rings. The molecule has 7 heteroatoms. The Bertz CT molecular complexity index is 1030. The van der Waals surface area contributed by atoms with Crippen LogP contribution in [0.15, 0.2) is 48.5 Å². The summed E-state index contributed by atoms with van der Waals surface area (Å²) in [6.07, 6.45) is 0.841. The molecule has 28 heavy (non-hydrogen) atoms. The van der Waals surface area contributed by atoms with Crippen molar-refractivity contribution in [1.82, 2.24) is 9.78 Å². The molecule has 1 N–H and O–H groups in total. The number of nitrogens with zero attached hydrogens (tertiary/aromatic N) is 2. The second kappa shape index (κ2) is 7.78. The predicted molar refractivity (Wildman–Crippen MR) is 113 cm³/mol. The summed E-state index contributed by atoms with van der Waals surface area (Å²) in [5, 5.41) is 9.33. The number of benzene rings is 2. The maximum Gasteiger partial charge on any atom is 0.229 e. The highest BCUT2D eigenvalue weighted by atomic mass is 35.5. The topological polar surface area (TPSA) is 46.9 Å². The number of hydrogen-bond acceptors (Lipinski definition) is 2. The number of carbonyl (C=O) groups excluding carboxylic acids is 1. The number of amides is 1. The summed E-state index contributed by atoms with van der Waals surface area (Å²) in [5.41, 5.74) is 3.00. The first-order chi connectivity index (χ1) is 13.4. The minimum absolute atomic E-state index is 0.00544. The van der Waals surface area contributed by atoms with Crippen LogP contribution in [0.3, 0.4) is 0 Å². The quantitative estimate of drug-likeness (QED) is 0.540. The average molecular weight is 435 g/mol. The van der Waals surface area contributed by atoms with Crippen molar-refractivity contribution < 1.29 is 4.79 Å². The molecule has 1 fully saturated rings. The van der Waals surface area contributed by atoms with E-state index in [4.69, 9.17) is 34.8 Å². The predicted octanol–water partition coefficient (Wildman–Crippen LogP) is 5.94. The first-order valence-corrected chi connectivity index (χ1v) is 10.1. The highest BCUT2D eigenvalue weighted by Crippen LogP contribution is 2.48. The third kappa shape index (κ3) is 4.19.